The molecule has 110 valence electrons. The SMILES string of the molecule is O=C1/C(=C\c2ccccc2Cl)SC(=S)N1c1cccc(O)c1. The summed E-state index contributed by atoms with van der Waals surface area (Å²) in [5.74, 6) is -0.137. The lowest BCUT2D eigenvalue weighted by molar-refractivity contribution is -0.113. The van der Waals surface area contributed by atoms with Crippen molar-refractivity contribution in [2.45, 2.75) is 0 Å². The highest BCUT2D eigenvalue weighted by Gasteiger charge is 2.33. The molecule has 0 atom stereocenters. The normalized spacial score (nSPS) is 16.6. The molecule has 1 amide bonds. The van der Waals surface area contributed by atoms with Gasteiger partial charge < -0.3 is 5.11 Å². The fraction of sp³-hybridized carbons (Fsp3) is 0. The molecule has 0 bridgehead atoms. The van der Waals surface area contributed by atoms with Crippen molar-refractivity contribution in [3.8, 4) is 5.75 Å². The number of carbonyl (C=O) groups excluding carboxylic acids is 1. The number of carbonyl (C=O) groups is 1. The van der Waals surface area contributed by atoms with Gasteiger partial charge in [-0.15, -0.1) is 0 Å². The molecule has 0 unspecified atom stereocenters. The Morgan fingerprint density at radius 3 is 2.68 bits per heavy atom. The van der Waals surface area contributed by atoms with Crippen LogP contribution in [0, 0.1) is 0 Å². The first-order valence-electron chi connectivity index (χ1n) is 6.38. The molecule has 1 aliphatic heterocycles. The van der Waals surface area contributed by atoms with E-state index in [0.29, 0.717) is 19.9 Å². The third-order valence-corrected chi connectivity index (χ3v) is 4.72. The molecular weight excluding hydrogens is 338 g/mol. The predicted molar refractivity (Wildman–Crippen MR) is 95.2 cm³/mol. The van der Waals surface area contributed by atoms with Gasteiger partial charge in [-0.2, -0.15) is 0 Å². The molecule has 0 radical (unpaired) electrons. The van der Waals surface area contributed by atoms with E-state index in [2.05, 4.69) is 0 Å². The van der Waals surface area contributed by atoms with Crippen LogP contribution in [0.1, 0.15) is 5.56 Å². The number of nitrogens with zero attached hydrogens (tertiary/aromatic N) is 1. The average Bonchev–Trinajstić information content (AvgIpc) is 2.76. The number of aromatic hydroxyl groups is 1. The second-order valence-corrected chi connectivity index (χ2v) is 6.64. The average molecular weight is 348 g/mol. The molecule has 22 heavy (non-hydrogen) atoms. The van der Waals surface area contributed by atoms with E-state index < -0.39 is 0 Å². The Morgan fingerprint density at radius 1 is 1.18 bits per heavy atom. The zero-order valence-electron chi connectivity index (χ0n) is 11.2. The summed E-state index contributed by atoms with van der Waals surface area (Å²) in [5, 5.41) is 10.1. The number of rotatable bonds is 2. The number of hydrogen-bond acceptors (Lipinski definition) is 4. The van der Waals surface area contributed by atoms with Crippen LogP contribution in [0.5, 0.6) is 5.75 Å². The molecule has 2 aromatic carbocycles. The van der Waals surface area contributed by atoms with Gasteiger partial charge in [-0.3, -0.25) is 9.69 Å². The molecule has 2 aromatic rings. The summed E-state index contributed by atoms with van der Waals surface area (Å²) >= 11 is 12.6. The van der Waals surface area contributed by atoms with E-state index in [4.69, 9.17) is 23.8 Å². The maximum Gasteiger partial charge on any atom is 0.270 e. The lowest BCUT2D eigenvalue weighted by Crippen LogP contribution is -2.27. The molecule has 1 N–H and O–H groups in total. The smallest absolute Gasteiger partial charge is 0.270 e. The van der Waals surface area contributed by atoms with Crippen LogP contribution in [-0.2, 0) is 4.79 Å². The molecule has 0 aliphatic carbocycles. The Morgan fingerprint density at radius 2 is 1.95 bits per heavy atom. The summed E-state index contributed by atoms with van der Waals surface area (Å²) in [6.07, 6.45) is 1.73. The van der Waals surface area contributed by atoms with Crippen molar-refractivity contribution in [1.29, 1.82) is 0 Å². The fourth-order valence-corrected chi connectivity index (χ4v) is 3.54. The first-order chi connectivity index (χ1) is 10.6. The molecule has 3 rings (SSSR count). The molecule has 1 saturated heterocycles. The minimum atomic E-state index is -0.222. The van der Waals surface area contributed by atoms with Crippen LogP contribution in [0.25, 0.3) is 6.08 Å². The fourth-order valence-electron chi connectivity index (χ4n) is 2.06. The van der Waals surface area contributed by atoms with E-state index >= 15 is 0 Å². The zero-order chi connectivity index (χ0) is 15.7. The van der Waals surface area contributed by atoms with E-state index in [1.165, 1.54) is 22.7 Å². The monoisotopic (exact) mass is 347 g/mol. The Hall–Kier alpha value is -1.82. The molecule has 0 aromatic heterocycles. The van der Waals surface area contributed by atoms with Crippen molar-refractivity contribution >= 4 is 57.6 Å². The molecular formula is C16H10ClNO2S2. The van der Waals surface area contributed by atoms with Gasteiger partial charge in [-0.05, 0) is 29.8 Å². The second-order valence-electron chi connectivity index (χ2n) is 4.56. The number of benzene rings is 2. The van der Waals surface area contributed by atoms with Crippen LogP contribution in [0.3, 0.4) is 0 Å². The van der Waals surface area contributed by atoms with Crippen LogP contribution in [0.2, 0.25) is 5.02 Å². The number of thioether (sulfide) groups is 1. The van der Waals surface area contributed by atoms with Gasteiger partial charge in [-0.25, -0.2) is 0 Å². The molecule has 1 aliphatic rings. The maximum absolute atomic E-state index is 12.6. The number of phenols is 1. The van der Waals surface area contributed by atoms with Crippen molar-refractivity contribution in [3.05, 3.63) is 64.0 Å². The van der Waals surface area contributed by atoms with E-state index in [1.54, 1.807) is 30.3 Å². The number of hydrogen-bond donors (Lipinski definition) is 1. The molecule has 6 heteroatoms. The van der Waals surface area contributed by atoms with Gasteiger partial charge in [0.25, 0.3) is 5.91 Å². The number of amides is 1. The summed E-state index contributed by atoms with van der Waals surface area (Å²) in [6, 6.07) is 13.7. The summed E-state index contributed by atoms with van der Waals surface area (Å²) in [5.41, 5.74) is 1.31. The maximum atomic E-state index is 12.6. The van der Waals surface area contributed by atoms with E-state index in [0.717, 1.165) is 5.56 Å². The third kappa shape index (κ3) is 2.88. The van der Waals surface area contributed by atoms with Gasteiger partial charge >= 0.3 is 0 Å². The summed E-state index contributed by atoms with van der Waals surface area (Å²) < 4.78 is 0.425. The van der Waals surface area contributed by atoms with Gasteiger partial charge in [0, 0.05) is 11.1 Å². The number of thiocarbonyl (C=S) groups is 1. The van der Waals surface area contributed by atoms with Gasteiger partial charge in [0.1, 0.15) is 5.75 Å². The van der Waals surface area contributed by atoms with Crippen molar-refractivity contribution in [1.82, 2.24) is 0 Å². The first kappa shape index (κ1) is 15.1. The minimum Gasteiger partial charge on any atom is -0.508 e. The van der Waals surface area contributed by atoms with Crippen molar-refractivity contribution in [2.75, 3.05) is 4.90 Å². The molecule has 3 nitrogen and oxygen atoms in total. The number of halogens is 1. The van der Waals surface area contributed by atoms with E-state index in [9.17, 15) is 9.90 Å². The Bertz CT molecular complexity index is 804. The number of anilines is 1. The largest absolute Gasteiger partial charge is 0.508 e. The van der Waals surface area contributed by atoms with E-state index in [-0.39, 0.29) is 11.7 Å². The number of phenolic OH excluding ortho intramolecular Hbond substituents is 1. The summed E-state index contributed by atoms with van der Waals surface area (Å²) in [7, 11) is 0. The van der Waals surface area contributed by atoms with Crippen molar-refractivity contribution in [2.24, 2.45) is 0 Å². The molecule has 1 heterocycles. The summed E-state index contributed by atoms with van der Waals surface area (Å²) in [4.78, 5) is 14.5. The lowest BCUT2D eigenvalue weighted by Gasteiger charge is -2.14. The zero-order valence-corrected chi connectivity index (χ0v) is 13.6. The van der Waals surface area contributed by atoms with Crippen LogP contribution >= 0.6 is 35.6 Å². The topological polar surface area (TPSA) is 40.5 Å². The quantitative estimate of drug-likeness (QED) is 0.643. The van der Waals surface area contributed by atoms with Crippen LogP contribution in [0.4, 0.5) is 5.69 Å². The van der Waals surface area contributed by atoms with Crippen LogP contribution < -0.4 is 4.90 Å². The van der Waals surface area contributed by atoms with Crippen LogP contribution in [0.15, 0.2) is 53.4 Å². The van der Waals surface area contributed by atoms with Gasteiger partial charge in [0.05, 0.1) is 10.6 Å². The highest BCUT2D eigenvalue weighted by molar-refractivity contribution is 8.27. The minimum absolute atomic E-state index is 0.0848. The Balaban J connectivity index is 1.97. The van der Waals surface area contributed by atoms with Gasteiger partial charge in [-0.1, -0.05) is 59.8 Å². The second kappa shape index (κ2) is 6.12. The standard InChI is InChI=1S/C16H10ClNO2S2/c17-13-7-2-1-4-10(13)8-14-15(20)18(16(21)22-14)11-5-3-6-12(19)9-11/h1-9,19H/b14-8+. The van der Waals surface area contributed by atoms with Crippen molar-refractivity contribution < 1.29 is 9.90 Å². The lowest BCUT2D eigenvalue weighted by atomic mass is 10.2. The third-order valence-electron chi connectivity index (χ3n) is 3.07. The van der Waals surface area contributed by atoms with Gasteiger partial charge in [0.2, 0.25) is 0 Å². The molecule has 0 spiro atoms. The summed E-state index contributed by atoms with van der Waals surface area (Å²) in [6.45, 7) is 0. The van der Waals surface area contributed by atoms with E-state index in [1.807, 2.05) is 18.2 Å². The highest BCUT2D eigenvalue weighted by atomic mass is 35.5. The molecule has 0 saturated carbocycles. The highest BCUT2D eigenvalue weighted by Crippen LogP contribution is 2.37. The molecule has 1 fully saturated rings. The predicted octanol–water partition coefficient (Wildman–Crippen LogP) is 4.45. The van der Waals surface area contributed by atoms with Gasteiger partial charge in [0.15, 0.2) is 4.32 Å². The Kier molecular flexibility index (Phi) is 4.20. The van der Waals surface area contributed by atoms with Crippen LogP contribution in [-0.4, -0.2) is 15.3 Å². The Labute approximate surface area is 142 Å². The van der Waals surface area contributed by atoms with Crippen molar-refractivity contribution in [3.63, 3.8) is 0 Å². The first-order valence-corrected chi connectivity index (χ1v) is 7.98.